The smallest absolute Gasteiger partial charge is 0.410 e. The van der Waals surface area contributed by atoms with Crippen LogP contribution >= 0.6 is 0 Å². The summed E-state index contributed by atoms with van der Waals surface area (Å²) in [5.41, 5.74) is 4.91. The fourth-order valence-corrected chi connectivity index (χ4v) is 5.75. The summed E-state index contributed by atoms with van der Waals surface area (Å²) < 4.78 is 10.9. The Hall–Kier alpha value is -3.06. The second kappa shape index (κ2) is 11.3. The SMILES string of the molecule is CCCOC(=O)CCN1CCN(c2ccc3c(c2)C2C[C@@H]3CCN2C(=O)OCc2ccccc2)CC1. The van der Waals surface area contributed by atoms with E-state index in [2.05, 4.69) is 28.0 Å². The number of hydrogen-bond acceptors (Lipinski definition) is 6. The highest BCUT2D eigenvalue weighted by molar-refractivity contribution is 5.70. The Bertz CT molecular complexity index is 1050. The number of rotatable bonds is 8. The topological polar surface area (TPSA) is 62.3 Å². The van der Waals surface area contributed by atoms with Gasteiger partial charge in [0.1, 0.15) is 6.61 Å². The molecule has 3 aliphatic rings. The van der Waals surface area contributed by atoms with Crippen LogP contribution in [0.3, 0.4) is 0 Å². The van der Waals surface area contributed by atoms with E-state index >= 15 is 0 Å². The molecule has 5 rings (SSSR count). The van der Waals surface area contributed by atoms with E-state index in [1.165, 1.54) is 16.8 Å². The number of amides is 1. The summed E-state index contributed by atoms with van der Waals surface area (Å²) in [6.45, 7) is 8.04. The van der Waals surface area contributed by atoms with Gasteiger partial charge in [-0.3, -0.25) is 9.69 Å². The molecule has 0 N–H and O–H groups in total. The molecule has 36 heavy (non-hydrogen) atoms. The summed E-state index contributed by atoms with van der Waals surface area (Å²) in [6, 6.07) is 16.8. The molecule has 2 aromatic carbocycles. The zero-order valence-corrected chi connectivity index (χ0v) is 21.2. The molecule has 1 aliphatic carbocycles. The molecule has 7 heteroatoms. The monoisotopic (exact) mass is 491 g/mol. The van der Waals surface area contributed by atoms with E-state index in [0.29, 0.717) is 25.6 Å². The maximum Gasteiger partial charge on any atom is 0.410 e. The third-order valence-electron chi connectivity index (χ3n) is 7.75. The molecule has 2 aromatic rings. The molecule has 1 unspecified atom stereocenters. The van der Waals surface area contributed by atoms with Crippen molar-refractivity contribution in [3.05, 3.63) is 65.2 Å². The first-order valence-corrected chi connectivity index (χ1v) is 13.4. The summed E-state index contributed by atoms with van der Waals surface area (Å²) in [5, 5.41) is 0. The second-order valence-corrected chi connectivity index (χ2v) is 10.1. The number of benzene rings is 2. The number of carbonyl (C=O) groups excluding carboxylic acids is 2. The van der Waals surface area contributed by atoms with E-state index in [1.54, 1.807) is 0 Å². The quantitative estimate of drug-likeness (QED) is 0.498. The lowest BCUT2D eigenvalue weighted by Crippen LogP contribution is -2.47. The fourth-order valence-electron chi connectivity index (χ4n) is 5.75. The minimum absolute atomic E-state index is 0.0948. The molecule has 0 spiro atoms. The molecule has 0 aromatic heterocycles. The van der Waals surface area contributed by atoms with Gasteiger partial charge in [-0.1, -0.05) is 43.3 Å². The highest BCUT2D eigenvalue weighted by atomic mass is 16.6. The number of carbonyl (C=O) groups is 2. The Morgan fingerprint density at radius 1 is 0.944 bits per heavy atom. The molecular weight excluding hydrogens is 454 g/mol. The molecule has 2 bridgehead atoms. The number of likely N-dealkylation sites (tertiary alicyclic amines) is 1. The minimum atomic E-state index is -0.216. The Balaban J connectivity index is 1.18. The maximum absolute atomic E-state index is 13.0. The van der Waals surface area contributed by atoms with Crippen molar-refractivity contribution in [1.29, 1.82) is 0 Å². The number of esters is 1. The molecule has 2 heterocycles. The van der Waals surface area contributed by atoms with E-state index in [1.807, 2.05) is 42.2 Å². The van der Waals surface area contributed by atoms with Gasteiger partial charge in [-0.2, -0.15) is 0 Å². The van der Waals surface area contributed by atoms with Crippen molar-refractivity contribution in [2.75, 3.05) is 50.8 Å². The predicted molar refractivity (Wildman–Crippen MR) is 139 cm³/mol. The first-order chi connectivity index (χ1) is 17.6. The summed E-state index contributed by atoms with van der Waals surface area (Å²) in [5.74, 6) is 0.428. The lowest BCUT2D eigenvalue weighted by molar-refractivity contribution is -0.144. The van der Waals surface area contributed by atoms with Gasteiger partial charge in [0, 0.05) is 45.0 Å². The van der Waals surface area contributed by atoms with E-state index in [9.17, 15) is 9.59 Å². The summed E-state index contributed by atoms with van der Waals surface area (Å²) in [4.78, 5) is 31.5. The van der Waals surface area contributed by atoms with E-state index in [4.69, 9.17) is 9.47 Å². The van der Waals surface area contributed by atoms with Crippen LogP contribution in [0, 0.1) is 0 Å². The Morgan fingerprint density at radius 3 is 2.53 bits per heavy atom. The summed E-state index contributed by atoms with van der Waals surface area (Å²) >= 11 is 0. The second-order valence-electron chi connectivity index (χ2n) is 10.1. The molecular formula is C29H37N3O4. The summed E-state index contributed by atoms with van der Waals surface area (Å²) in [7, 11) is 0. The molecule has 1 amide bonds. The zero-order valence-electron chi connectivity index (χ0n) is 21.2. The third kappa shape index (κ3) is 5.51. The van der Waals surface area contributed by atoms with Crippen molar-refractivity contribution in [1.82, 2.24) is 9.80 Å². The van der Waals surface area contributed by atoms with Gasteiger partial charge in [-0.25, -0.2) is 4.79 Å². The molecule has 2 fully saturated rings. The zero-order chi connectivity index (χ0) is 24.9. The van der Waals surface area contributed by atoms with Crippen molar-refractivity contribution < 1.29 is 19.1 Å². The van der Waals surface area contributed by atoms with Crippen LogP contribution in [0.2, 0.25) is 0 Å². The fraction of sp³-hybridized carbons (Fsp3) is 0.517. The van der Waals surface area contributed by atoms with Crippen LogP contribution in [0.4, 0.5) is 10.5 Å². The van der Waals surface area contributed by atoms with Crippen molar-refractivity contribution in [3.63, 3.8) is 0 Å². The van der Waals surface area contributed by atoms with Crippen LogP contribution in [-0.4, -0.2) is 67.7 Å². The highest BCUT2D eigenvalue weighted by Gasteiger charge is 2.41. The number of hydrogen-bond donors (Lipinski definition) is 0. The van der Waals surface area contributed by atoms with Crippen LogP contribution in [0.25, 0.3) is 0 Å². The van der Waals surface area contributed by atoms with Gasteiger partial charge in [0.15, 0.2) is 0 Å². The molecule has 2 aliphatic heterocycles. The van der Waals surface area contributed by atoms with Crippen LogP contribution in [0.5, 0.6) is 0 Å². The predicted octanol–water partition coefficient (Wildman–Crippen LogP) is 4.72. The molecule has 2 atom stereocenters. The number of piperidine rings is 1. The van der Waals surface area contributed by atoms with E-state index in [0.717, 1.165) is 64.1 Å². The van der Waals surface area contributed by atoms with E-state index < -0.39 is 0 Å². The lowest BCUT2D eigenvalue weighted by atomic mass is 9.96. The van der Waals surface area contributed by atoms with Crippen LogP contribution in [0.1, 0.15) is 61.3 Å². The lowest BCUT2D eigenvalue weighted by Gasteiger charge is -2.36. The van der Waals surface area contributed by atoms with Crippen LogP contribution in [0.15, 0.2) is 48.5 Å². The van der Waals surface area contributed by atoms with Crippen molar-refractivity contribution in [2.45, 2.75) is 51.2 Å². The Kier molecular flexibility index (Phi) is 7.75. The molecule has 0 radical (unpaired) electrons. The van der Waals surface area contributed by atoms with Crippen LogP contribution in [-0.2, 0) is 20.9 Å². The van der Waals surface area contributed by atoms with Crippen molar-refractivity contribution in [2.24, 2.45) is 0 Å². The maximum atomic E-state index is 13.0. The van der Waals surface area contributed by atoms with Gasteiger partial charge < -0.3 is 19.3 Å². The third-order valence-corrected chi connectivity index (χ3v) is 7.75. The van der Waals surface area contributed by atoms with Gasteiger partial charge in [-0.05, 0) is 54.0 Å². The van der Waals surface area contributed by atoms with Gasteiger partial charge >= 0.3 is 12.1 Å². The Labute approximate surface area is 214 Å². The minimum Gasteiger partial charge on any atom is -0.466 e. The number of nitrogens with zero attached hydrogens (tertiary/aromatic N) is 3. The number of fused-ring (bicyclic) bond motifs is 5. The molecule has 7 nitrogen and oxygen atoms in total. The molecule has 0 saturated carbocycles. The van der Waals surface area contributed by atoms with Gasteiger partial charge in [0.2, 0.25) is 0 Å². The molecule has 2 saturated heterocycles. The molecule has 192 valence electrons. The Morgan fingerprint density at radius 2 is 1.75 bits per heavy atom. The largest absolute Gasteiger partial charge is 0.466 e. The van der Waals surface area contributed by atoms with Crippen LogP contribution < -0.4 is 4.90 Å². The standard InChI is InChI=1S/C29H37N3O4/c1-2-18-35-28(33)11-12-30-14-16-31(17-15-30)24-8-9-25-23-10-13-32(27(19-23)26(25)20-24)29(34)36-21-22-6-4-3-5-7-22/h3-9,20,23,27H,2,10-19,21H2,1H3/t23-,27?/m0/s1. The first-order valence-electron chi connectivity index (χ1n) is 13.4. The number of anilines is 1. The number of piperazine rings is 1. The van der Waals surface area contributed by atoms with E-state index in [-0.39, 0.29) is 18.1 Å². The van der Waals surface area contributed by atoms with Gasteiger partial charge in [0.05, 0.1) is 19.1 Å². The average molecular weight is 492 g/mol. The van der Waals surface area contributed by atoms with Crippen molar-refractivity contribution >= 4 is 17.7 Å². The highest BCUT2D eigenvalue weighted by Crippen LogP contribution is 2.50. The first kappa shape index (κ1) is 24.6. The van der Waals surface area contributed by atoms with Gasteiger partial charge in [-0.15, -0.1) is 0 Å². The summed E-state index contributed by atoms with van der Waals surface area (Å²) in [6.07, 6.45) is 3.08. The van der Waals surface area contributed by atoms with Gasteiger partial charge in [0.25, 0.3) is 0 Å². The number of ether oxygens (including phenoxy) is 2. The normalized spacial score (nSPS) is 21.2. The average Bonchev–Trinajstić information content (AvgIpc) is 3.21. The van der Waals surface area contributed by atoms with Crippen molar-refractivity contribution in [3.8, 4) is 0 Å².